The number of hydrogen-bond acceptors (Lipinski definition) is 4. The van der Waals surface area contributed by atoms with Crippen molar-refractivity contribution in [2.24, 2.45) is 0 Å². The Labute approximate surface area is 196 Å². The van der Waals surface area contributed by atoms with E-state index in [9.17, 15) is 0 Å². The highest BCUT2D eigenvalue weighted by molar-refractivity contribution is 6.14. The van der Waals surface area contributed by atoms with Crippen LogP contribution in [0.2, 0.25) is 0 Å². The van der Waals surface area contributed by atoms with E-state index in [4.69, 9.17) is 15.7 Å². The first-order chi connectivity index (χ1) is 15.9. The number of nitrogens with two attached hydrogens (primary N) is 1. The lowest BCUT2D eigenvalue weighted by Gasteiger charge is -2.22. The largest absolute Gasteiger partial charge is 0.398 e. The van der Waals surface area contributed by atoms with E-state index in [1.54, 1.807) is 0 Å². The summed E-state index contributed by atoms with van der Waals surface area (Å²) in [7, 11) is 0. The highest BCUT2D eigenvalue weighted by atomic mass is 15.1. The summed E-state index contributed by atoms with van der Waals surface area (Å²) in [4.78, 5) is 9.89. The second-order valence-electron chi connectivity index (χ2n) is 9.78. The molecule has 1 fully saturated rings. The molecule has 4 aromatic rings. The summed E-state index contributed by atoms with van der Waals surface area (Å²) < 4.78 is 2.30. The average Bonchev–Trinajstić information content (AvgIpc) is 3.09. The SMILES string of the molecule is Cc1cc(C)c(-n2c3cccc(N)c3c3c(CCNC4CCCCC4)nc(C)nc32)c(C)c1. The number of nitrogen functional groups attached to an aromatic ring is 1. The molecule has 0 radical (unpaired) electrons. The van der Waals surface area contributed by atoms with Gasteiger partial charge in [-0.1, -0.05) is 43.0 Å². The summed E-state index contributed by atoms with van der Waals surface area (Å²) in [5.41, 5.74) is 15.5. The molecule has 0 atom stereocenters. The molecule has 0 aliphatic heterocycles. The number of nitrogens with zero attached hydrogens (tertiary/aromatic N) is 3. The van der Waals surface area contributed by atoms with Gasteiger partial charge in [0.2, 0.25) is 0 Å². The zero-order chi connectivity index (χ0) is 23.1. The third-order valence-corrected chi connectivity index (χ3v) is 7.11. The van der Waals surface area contributed by atoms with Crippen molar-refractivity contribution in [2.45, 2.75) is 72.3 Å². The maximum atomic E-state index is 6.58. The third-order valence-electron chi connectivity index (χ3n) is 7.11. The van der Waals surface area contributed by atoms with Gasteiger partial charge in [-0.25, -0.2) is 9.97 Å². The molecule has 2 aromatic carbocycles. The van der Waals surface area contributed by atoms with Gasteiger partial charge in [-0.05, 0) is 63.8 Å². The van der Waals surface area contributed by atoms with Crippen molar-refractivity contribution in [3.05, 3.63) is 58.5 Å². The van der Waals surface area contributed by atoms with Gasteiger partial charge in [-0.15, -0.1) is 0 Å². The Hall–Kier alpha value is -2.92. The van der Waals surface area contributed by atoms with E-state index in [2.05, 4.69) is 48.9 Å². The van der Waals surface area contributed by atoms with Crippen LogP contribution >= 0.6 is 0 Å². The number of anilines is 1. The molecule has 5 heteroatoms. The van der Waals surface area contributed by atoms with Gasteiger partial charge in [-0.2, -0.15) is 0 Å². The van der Waals surface area contributed by atoms with Gasteiger partial charge in [0.15, 0.2) is 0 Å². The number of fused-ring (bicyclic) bond motifs is 3. The zero-order valence-corrected chi connectivity index (χ0v) is 20.3. The predicted molar refractivity (Wildman–Crippen MR) is 138 cm³/mol. The maximum absolute atomic E-state index is 6.58. The molecule has 5 rings (SSSR count). The van der Waals surface area contributed by atoms with E-state index >= 15 is 0 Å². The molecule has 3 N–H and O–H groups in total. The van der Waals surface area contributed by atoms with Crippen LogP contribution in [-0.4, -0.2) is 27.1 Å². The van der Waals surface area contributed by atoms with Crippen molar-refractivity contribution in [3.63, 3.8) is 0 Å². The molecule has 1 aliphatic carbocycles. The van der Waals surface area contributed by atoms with Crippen molar-refractivity contribution in [3.8, 4) is 5.69 Å². The van der Waals surface area contributed by atoms with E-state index in [1.165, 1.54) is 54.5 Å². The molecular formula is C28H35N5. The Balaban J connectivity index is 1.68. The van der Waals surface area contributed by atoms with E-state index in [0.717, 1.165) is 52.1 Å². The minimum Gasteiger partial charge on any atom is -0.398 e. The number of nitrogens with one attached hydrogen (secondary N) is 1. The Kier molecular flexibility index (Phi) is 5.83. The van der Waals surface area contributed by atoms with Crippen LogP contribution in [0.5, 0.6) is 0 Å². The lowest BCUT2D eigenvalue weighted by molar-refractivity contribution is 0.375. The first-order valence-corrected chi connectivity index (χ1v) is 12.3. The van der Waals surface area contributed by atoms with Crippen LogP contribution in [0.25, 0.3) is 27.6 Å². The second kappa shape index (κ2) is 8.79. The maximum Gasteiger partial charge on any atom is 0.149 e. The Morgan fingerprint density at radius 3 is 2.42 bits per heavy atom. The summed E-state index contributed by atoms with van der Waals surface area (Å²) in [6.45, 7) is 9.44. The van der Waals surface area contributed by atoms with E-state index in [0.29, 0.717) is 6.04 Å². The number of hydrogen-bond donors (Lipinski definition) is 2. The molecular weight excluding hydrogens is 406 g/mol. The summed E-state index contributed by atoms with van der Waals surface area (Å²) in [6, 6.07) is 11.3. The van der Waals surface area contributed by atoms with Gasteiger partial charge in [0.1, 0.15) is 11.5 Å². The van der Waals surface area contributed by atoms with E-state index in [-0.39, 0.29) is 0 Å². The number of aromatic nitrogens is 3. The minimum atomic E-state index is 0.640. The van der Waals surface area contributed by atoms with Crippen LogP contribution in [0.1, 0.15) is 60.3 Å². The van der Waals surface area contributed by atoms with Crippen LogP contribution in [0.15, 0.2) is 30.3 Å². The van der Waals surface area contributed by atoms with E-state index in [1.807, 2.05) is 19.1 Å². The van der Waals surface area contributed by atoms with Crippen molar-refractivity contribution < 1.29 is 0 Å². The number of aryl methyl sites for hydroxylation is 4. The minimum absolute atomic E-state index is 0.640. The monoisotopic (exact) mass is 441 g/mol. The third kappa shape index (κ3) is 3.99. The van der Waals surface area contributed by atoms with Crippen molar-refractivity contribution in [1.82, 2.24) is 19.9 Å². The Bertz CT molecular complexity index is 1300. The lowest BCUT2D eigenvalue weighted by atomic mass is 9.95. The van der Waals surface area contributed by atoms with Gasteiger partial charge in [-0.3, -0.25) is 4.57 Å². The van der Waals surface area contributed by atoms with Crippen LogP contribution in [0.3, 0.4) is 0 Å². The molecule has 5 nitrogen and oxygen atoms in total. The molecule has 0 spiro atoms. The fourth-order valence-electron chi connectivity index (χ4n) is 5.80. The topological polar surface area (TPSA) is 68.8 Å². The summed E-state index contributed by atoms with van der Waals surface area (Å²) in [5.74, 6) is 0.806. The van der Waals surface area contributed by atoms with Crippen LogP contribution in [0, 0.1) is 27.7 Å². The molecule has 0 bridgehead atoms. The molecule has 2 heterocycles. The predicted octanol–water partition coefficient (Wildman–Crippen LogP) is 5.85. The molecule has 172 valence electrons. The van der Waals surface area contributed by atoms with Crippen LogP contribution in [-0.2, 0) is 6.42 Å². The molecule has 1 saturated carbocycles. The standard InChI is InChI=1S/C28H35N5/c1-17-15-18(2)27(19(3)16-17)33-24-12-8-11-22(29)25(24)26-23(31-20(4)32-28(26)33)13-14-30-21-9-6-5-7-10-21/h8,11-12,15-16,21,30H,5-7,9-10,13-14,29H2,1-4H3. The molecule has 0 amide bonds. The molecule has 0 unspecified atom stereocenters. The lowest BCUT2D eigenvalue weighted by Crippen LogP contribution is -2.32. The zero-order valence-electron chi connectivity index (χ0n) is 20.3. The summed E-state index contributed by atoms with van der Waals surface area (Å²) in [5, 5.41) is 5.95. The molecule has 1 aliphatic rings. The molecule has 0 saturated heterocycles. The first kappa shape index (κ1) is 21.9. The number of benzene rings is 2. The Morgan fingerprint density at radius 1 is 0.970 bits per heavy atom. The van der Waals surface area contributed by atoms with Crippen molar-refractivity contribution in [2.75, 3.05) is 12.3 Å². The molecule has 2 aromatic heterocycles. The van der Waals surface area contributed by atoms with Crippen LogP contribution in [0.4, 0.5) is 5.69 Å². The van der Waals surface area contributed by atoms with Gasteiger partial charge < -0.3 is 11.1 Å². The van der Waals surface area contributed by atoms with Crippen molar-refractivity contribution in [1.29, 1.82) is 0 Å². The number of rotatable bonds is 5. The molecule has 33 heavy (non-hydrogen) atoms. The van der Waals surface area contributed by atoms with E-state index < -0.39 is 0 Å². The highest BCUT2D eigenvalue weighted by Crippen LogP contribution is 2.38. The van der Waals surface area contributed by atoms with Gasteiger partial charge >= 0.3 is 0 Å². The fraction of sp³-hybridized carbons (Fsp3) is 0.429. The quantitative estimate of drug-likeness (QED) is 0.381. The average molecular weight is 442 g/mol. The second-order valence-corrected chi connectivity index (χ2v) is 9.78. The smallest absolute Gasteiger partial charge is 0.149 e. The Morgan fingerprint density at radius 2 is 1.70 bits per heavy atom. The first-order valence-electron chi connectivity index (χ1n) is 12.3. The van der Waals surface area contributed by atoms with Crippen LogP contribution < -0.4 is 11.1 Å². The summed E-state index contributed by atoms with van der Waals surface area (Å²) in [6.07, 6.45) is 7.50. The normalized spacial score (nSPS) is 15.0. The fourth-order valence-corrected chi connectivity index (χ4v) is 5.80. The van der Waals surface area contributed by atoms with Crippen molar-refractivity contribution >= 4 is 27.6 Å². The van der Waals surface area contributed by atoms with Gasteiger partial charge in [0.05, 0.1) is 22.3 Å². The van der Waals surface area contributed by atoms with Gasteiger partial charge in [0, 0.05) is 30.1 Å². The summed E-state index contributed by atoms with van der Waals surface area (Å²) >= 11 is 0. The highest BCUT2D eigenvalue weighted by Gasteiger charge is 2.22. The van der Waals surface area contributed by atoms with Gasteiger partial charge in [0.25, 0.3) is 0 Å².